The third kappa shape index (κ3) is 3.61. The van der Waals surface area contributed by atoms with Gasteiger partial charge in [0.15, 0.2) is 0 Å². The summed E-state index contributed by atoms with van der Waals surface area (Å²) in [5, 5.41) is 0. The van der Waals surface area contributed by atoms with Crippen molar-refractivity contribution in [1.82, 2.24) is 0 Å². The van der Waals surface area contributed by atoms with Crippen molar-refractivity contribution in [3.63, 3.8) is 0 Å². The van der Waals surface area contributed by atoms with Crippen LogP contribution in [0.5, 0.6) is 11.5 Å². The lowest BCUT2D eigenvalue weighted by atomic mass is 10.0. The van der Waals surface area contributed by atoms with Gasteiger partial charge in [0, 0.05) is 12.5 Å². The van der Waals surface area contributed by atoms with Crippen LogP contribution in [0.3, 0.4) is 0 Å². The Morgan fingerprint density at radius 1 is 1.00 bits per heavy atom. The zero-order valence-electron chi connectivity index (χ0n) is 10.4. The third-order valence-corrected chi connectivity index (χ3v) is 2.94. The predicted octanol–water partition coefficient (Wildman–Crippen LogP) is 3.68. The maximum absolute atomic E-state index is 5.80. The molecule has 18 heavy (non-hydrogen) atoms. The van der Waals surface area contributed by atoms with Crippen LogP contribution in [-0.4, -0.2) is 23.2 Å². The van der Waals surface area contributed by atoms with Crippen LogP contribution in [0.25, 0.3) is 0 Å². The van der Waals surface area contributed by atoms with Gasteiger partial charge >= 0.3 is 16.6 Å². The molecular weight excluding hydrogens is 239 g/mol. The molecule has 0 heterocycles. The quantitative estimate of drug-likeness (QED) is 0.758. The van der Waals surface area contributed by atoms with Crippen molar-refractivity contribution in [2.24, 2.45) is 0 Å². The van der Waals surface area contributed by atoms with Gasteiger partial charge in [-0.2, -0.15) is 0 Å². The van der Waals surface area contributed by atoms with Gasteiger partial charge in [0.2, 0.25) is 0 Å². The summed E-state index contributed by atoms with van der Waals surface area (Å²) in [6, 6.07) is 17.9. The lowest BCUT2D eigenvalue weighted by molar-refractivity contribution is 0.323. The SMILES string of the molecule is CC(C[O][Al])c1cccc(Oc2ccccc2)c1. The van der Waals surface area contributed by atoms with E-state index in [4.69, 9.17) is 8.53 Å². The van der Waals surface area contributed by atoms with E-state index < -0.39 is 0 Å². The molecule has 1 unspecified atom stereocenters. The van der Waals surface area contributed by atoms with Crippen molar-refractivity contribution < 1.29 is 8.53 Å². The minimum Gasteiger partial charge on any atom is -0.515 e. The van der Waals surface area contributed by atoms with Crippen LogP contribution in [-0.2, 0) is 3.79 Å². The number of para-hydroxylation sites is 1. The fourth-order valence-electron chi connectivity index (χ4n) is 1.75. The largest absolute Gasteiger partial charge is 0.515 e. The first-order valence-corrected chi connectivity index (χ1v) is 6.41. The Balaban J connectivity index is 2.12. The minimum atomic E-state index is 0.349. The second-order valence-corrected chi connectivity index (χ2v) is 4.56. The molecule has 2 nitrogen and oxygen atoms in total. The normalized spacial score (nSPS) is 12.1. The lowest BCUT2D eigenvalue weighted by Gasteiger charge is -2.13. The summed E-state index contributed by atoms with van der Waals surface area (Å²) in [5.41, 5.74) is 1.21. The molecule has 0 saturated carbocycles. The average Bonchev–Trinajstić information content (AvgIpc) is 2.40. The Hall–Kier alpha value is -1.27. The summed E-state index contributed by atoms with van der Waals surface area (Å²) < 4.78 is 10.9. The number of ether oxygens (including phenoxy) is 1. The van der Waals surface area contributed by atoms with E-state index in [0.717, 1.165) is 11.5 Å². The first kappa shape index (κ1) is 13.2. The Kier molecular flexibility index (Phi) is 4.84. The molecule has 90 valence electrons. The van der Waals surface area contributed by atoms with Crippen molar-refractivity contribution in [3.8, 4) is 11.5 Å². The molecule has 0 aromatic heterocycles. The fourth-order valence-corrected chi connectivity index (χ4v) is 2.04. The smallest absolute Gasteiger partial charge is 0.369 e. The highest BCUT2D eigenvalue weighted by Crippen LogP contribution is 2.25. The van der Waals surface area contributed by atoms with E-state index in [1.165, 1.54) is 5.56 Å². The zero-order chi connectivity index (χ0) is 12.8. The van der Waals surface area contributed by atoms with Crippen LogP contribution < -0.4 is 4.74 Å². The molecule has 2 aromatic rings. The van der Waals surface area contributed by atoms with Crippen molar-refractivity contribution in [2.75, 3.05) is 6.61 Å². The molecule has 0 aliphatic heterocycles. The topological polar surface area (TPSA) is 18.5 Å². The van der Waals surface area contributed by atoms with Crippen LogP contribution in [0, 0.1) is 0 Å². The molecule has 0 amide bonds. The van der Waals surface area contributed by atoms with Crippen LogP contribution in [0.15, 0.2) is 54.6 Å². The zero-order valence-corrected chi connectivity index (χ0v) is 11.5. The van der Waals surface area contributed by atoms with E-state index in [2.05, 4.69) is 35.7 Å². The van der Waals surface area contributed by atoms with E-state index in [1.807, 2.05) is 42.5 Å². The molecule has 2 rings (SSSR count). The second-order valence-electron chi connectivity index (χ2n) is 4.22. The molecule has 1 atom stereocenters. The van der Waals surface area contributed by atoms with Gasteiger partial charge in [0.25, 0.3) is 0 Å². The first-order chi connectivity index (χ1) is 8.79. The lowest BCUT2D eigenvalue weighted by Crippen LogP contribution is -2.02. The highest BCUT2D eigenvalue weighted by Gasteiger charge is 2.05. The summed E-state index contributed by atoms with van der Waals surface area (Å²) in [6.45, 7) is 2.81. The van der Waals surface area contributed by atoms with E-state index in [0.29, 0.717) is 12.5 Å². The highest BCUT2D eigenvalue weighted by atomic mass is 27.1. The van der Waals surface area contributed by atoms with Gasteiger partial charge in [0.1, 0.15) is 11.5 Å². The standard InChI is InChI=1S/C15H15O2.Al/c1-12(11-16)13-6-5-9-15(10-13)17-14-7-3-2-4-8-14;/h2-10,12H,11H2,1H3;/q-1;+1. The Labute approximate surface area is 116 Å². The van der Waals surface area contributed by atoms with Crippen molar-refractivity contribution in [3.05, 3.63) is 60.2 Å². The predicted molar refractivity (Wildman–Crippen MR) is 73.1 cm³/mol. The van der Waals surface area contributed by atoms with E-state index in [9.17, 15) is 0 Å². The monoisotopic (exact) mass is 254 g/mol. The number of rotatable bonds is 5. The molecule has 0 N–H and O–H groups in total. The van der Waals surface area contributed by atoms with Gasteiger partial charge in [0.05, 0.1) is 0 Å². The Morgan fingerprint density at radius 2 is 1.72 bits per heavy atom. The van der Waals surface area contributed by atoms with Gasteiger partial charge in [-0.05, 0) is 29.8 Å². The van der Waals surface area contributed by atoms with Gasteiger partial charge in [-0.15, -0.1) is 0 Å². The van der Waals surface area contributed by atoms with Crippen LogP contribution in [0.4, 0.5) is 0 Å². The van der Waals surface area contributed by atoms with Crippen LogP contribution in [0.1, 0.15) is 18.4 Å². The molecule has 2 radical (unpaired) electrons. The maximum atomic E-state index is 5.80. The number of benzene rings is 2. The molecule has 0 aliphatic carbocycles. The van der Waals surface area contributed by atoms with E-state index >= 15 is 0 Å². The van der Waals surface area contributed by atoms with Crippen molar-refractivity contribution >= 4 is 16.6 Å². The Bertz CT molecular complexity index is 485. The summed E-state index contributed by atoms with van der Waals surface area (Å²) in [4.78, 5) is 0. The molecule has 3 heteroatoms. The number of hydrogen-bond acceptors (Lipinski definition) is 2. The van der Waals surface area contributed by atoms with E-state index in [-0.39, 0.29) is 0 Å². The first-order valence-electron chi connectivity index (χ1n) is 5.94. The summed E-state index contributed by atoms with van der Waals surface area (Å²) in [5.74, 6) is 2.06. The molecule has 2 aromatic carbocycles. The van der Waals surface area contributed by atoms with Crippen molar-refractivity contribution in [2.45, 2.75) is 12.8 Å². The second kappa shape index (κ2) is 6.61. The number of hydrogen-bond donors (Lipinski definition) is 0. The third-order valence-electron chi connectivity index (χ3n) is 2.75. The summed E-state index contributed by atoms with van der Waals surface area (Å²) in [7, 11) is 0. The van der Waals surface area contributed by atoms with Crippen LogP contribution >= 0.6 is 0 Å². The molecule has 0 spiro atoms. The van der Waals surface area contributed by atoms with Crippen molar-refractivity contribution in [1.29, 1.82) is 0 Å². The van der Waals surface area contributed by atoms with Crippen LogP contribution in [0.2, 0.25) is 0 Å². The van der Waals surface area contributed by atoms with Gasteiger partial charge in [-0.1, -0.05) is 37.3 Å². The molecule has 0 saturated heterocycles. The molecular formula is C15H15AlO2. The molecule has 0 bridgehead atoms. The van der Waals surface area contributed by atoms with E-state index in [1.54, 1.807) is 0 Å². The molecule has 0 fully saturated rings. The molecule has 0 aliphatic rings. The fraction of sp³-hybridized carbons (Fsp3) is 0.200. The Morgan fingerprint density at radius 3 is 2.44 bits per heavy atom. The van der Waals surface area contributed by atoms with Gasteiger partial charge in [-0.3, -0.25) is 0 Å². The van der Waals surface area contributed by atoms with Gasteiger partial charge < -0.3 is 8.53 Å². The highest BCUT2D eigenvalue weighted by molar-refractivity contribution is 5.97. The van der Waals surface area contributed by atoms with Gasteiger partial charge in [-0.25, -0.2) is 0 Å². The summed E-state index contributed by atoms with van der Waals surface area (Å²) >= 11 is 2.29. The minimum absolute atomic E-state index is 0.349. The summed E-state index contributed by atoms with van der Waals surface area (Å²) in [6.07, 6.45) is 0. The maximum Gasteiger partial charge on any atom is 0.369 e. The average molecular weight is 254 g/mol.